The summed E-state index contributed by atoms with van der Waals surface area (Å²) < 4.78 is 43.5. The van der Waals surface area contributed by atoms with E-state index in [4.69, 9.17) is 0 Å². The van der Waals surface area contributed by atoms with E-state index in [1.54, 1.807) is 6.33 Å². The van der Waals surface area contributed by atoms with Crippen LogP contribution in [0.1, 0.15) is 67.2 Å². The average Bonchev–Trinajstić information content (AvgIpc) is 3.59. The Balaban J connectivity index is 1.41. The molecule has 6 rings (SSSR count). The summed E-state index contributed by atoms with van der Waals surface area (Å²) in [7, 11) is 1.92. The maximum Gasteiger partial charge on any atom is 0.433 e. The van der Waals surface area contributed by atoms with Crippen LogP contribution >= 0.6 is 0 Å². The van der Waals surface area contributed by atoms with Gasteiger partial charge in [0.25, 0.3) is 0 Å². The third-order valence-corrected chi connectivity index (χ3v) is 7.90. The summed E-state index contributed by atoms with van der Waals surface area (Å²) in [6.45, 7) is 0.0361. The first-order valence-corrected chi connectivity index (χ1v) is 12.9. The molecule has 2 aliphatic carbocycles. The monoisotopic (exact) mass is 523 g/mol. The molecule has 2 N–H and O–H groups in total. The lowest BCUT2D eigenvalue weighted by Gasteiger charge is -2.33. The zero-order valence-electron chi connectivity index (χ0n) is 20.9. The van der Waals surface area contributed by atoms with E-state index in [2.05, 4.69) is 30.7 Å². The van der Waals surface area contributed by atoms with Crippen LogP contribution in [0.2, 0.25) is 0 Å². The van der Waals surface area contributed by atoms with Crippen molar-refractivity contribution in [3.63, 3.8) is 0 Å². The van der Waals surface area contributed by atoms with Gasteiger partial charge in [0.05, 0.1) is 17.3 Å². The smallest absolute Gasteiger partial charge is 0.320 e. The number of pyridine rings is 1. The minimum Gasteiger partial charge on any atom is -0.320 e. The minimum absolute atomic E-state index is 0.0361. The lowest BCUT2D eigenvalue weighted by molar-refractivity contribution is -0.141. The first-order chi connectivity index (χ1) is 18.3. The van der Waals surface area contributed by atoms with Gasteiger partial charge in [-0.2, -0.15) is 18.3 Å². The van der Waals surface area contributed by atoms with Crippen molar-refractivity contribution >= 4 is 16.7 Å². The van der Waals surface area contributed by atoms with Gasteiger partial charge in [0, 0.05) is 36.9 Å². The van der Waals surface area contributed by atoms with Gasteiger partial charge in [-0.25, -0.2) is 4.98 Å². The van der Waals surface area contributed by atoms with Crippen LogP contribution in [0.3, 0.4) is 0 Å². The molecule has 198 valence electrons. The molecule has 0 unspecified atom stereocenters. The standard InChI is InChI=1S/C27H28F3N7O/c1-37-14-32-36-26(37)23(15-5-2-6-15)16-7-3-8-17(11-16)24-18-12-22(27(28,29)30)33-20(25(18)35-34-24)13-31-19-9-4-10-21(19)38/h3,7-8,11-12,14-15,19,23,31H,2,4-6,9-10,13H2,1H3,(H,34,35)/t19-,23-/m1/s1. The molecule has 0 aliphatic heterocycles. The summed E-state index contributed by atoms with van der Waals surface area (Å²) in [5, 5.41) is 19.2. The Morgan fingerprint density at radius 1 is 1.18 bits per heavy atom. The van der Waals surface area contributed by atoms with E-state index in [1.807, 2.05) is 35.9 Å². The molecule has 2 fully saturated rings. The number of fused-ring (bicyclic) bond motifs is 1. The fourth-order valence-corrected chi connectivity index (χ4v) is 5.68. The fraction of sp³-hybridized carbons (Fsp3) is 0.444. The molecule has 0 bridgehead atoms. The SMILES string of the molecule is Cn1cnnc1[C@@H](c1cccc(-c2n[nH]c3c(CN[C@@H]4CCCC4=O)nc(C(F)(F)F)cc23)c1)C1CCC1. The van der Waals surface area contributed by atoms with Gasteiger partial charge >= 0.3 is 6.18 Å². The van der Waals surface area contributed by atoms with Gasteiger partial charge in [-0.1, -0.05) is 24.6 Å². The Labute approximate surface area is 217 Å². The molecule has 1 aromatic carbocycles. The highest BCUT2D eigenvalue weighted by molar-refractivity contribution is 5.94. The van der Waals surface area contributed by atoms with Crippen molar-refractivity contribution < 1.29 is 18.0 Å². The van der Waals surface area contributed by atoms with Crippen LogP contribution in [0.25, 0.3) is 22.2 Å². The van der Waals surface area contributed by atoms with Crippen LogP contribution in [-0.2, 0) is 24.6 Å². The molecule has 2 atom stereocenters. The number of rotatable bonds is 7. The topological polar surface area (TPSA) is 101 Å². The summed E-state index contributed by atoms with van der Waals surface area (Å²) in [6, 6.07) is 8.49. The number of hydrogen-bond donors (Lipinski definition) is 2. The summed E-state index contributed by atoms with van der Waals surface area (Å²) >= 11 is 0. The fourth-order valence-electron chi connectivity index (χ4n) is 5.68. The van der Waals surface area contributed by atoms with Crippen molar-refractivity contribution in [2.24, 2.45) is 13.0 Å². The van der Waals surface area contributed by atoms with Gasteiger partial charge < -0.3 is 9.88 Å². The summed E-state index contributed by atoms with van der Waals surface area (Å²) in [5.74, 6) is 1.43. The molecular formula is C27H28F3N7O. The maximum atomic E-state index is 13.9. The molecule has 38 heavy (non-hydrogen) atoms. The van der Waals surface area contributed by atoms with E-state index in [0.717, 1.165) is 36.7 Å². The van der Waals surface area contributed by atoms with Crippen molar-refractivity contribution in [1.82, 2.24) is 35.3 Å². The second-order valence-corrected chi connectivity index (χ2v) is 10.3. The largest absolute Gasteiger partial charge is 0.433 e. The number of alkyl halides is 3. The van der Waals surface area contributed by atoms with E-state index in [-0.39, 0.29) is 30.0 Å². The second-order valence-electron chi connectivity index (χ2n) is 10.3. The van der Waals surface area contributed by atoms with E-state index in [1.165, 1.54) is 6.42 Å². The van der Waals surface area contributed by atoms with Crippen LogP contribution in [0, 0.1) is 5.92 Å². The summed E-state index contributed by atoms with van der Waals surface area (Å²) in [4.78, 5) is 16.0. The van der Waals surface area contributed by atoms with Gasteiger partial charge in [0.2, 0.25) is 0 Å². The Bertz CT molecular complexity index is 1490. The van der Waals surface area contributed by atoms with Gasteiger partial charge in [0.15, 0.2) is 0 Å². The molecule has 0 amide bonds. The molecular weight excluding hydrogens is 495 g/mol. The van der Waals surface area contributed by atoms with Crippen molar-refractivity contribution in [2.45, 2.75) is 63.2 Å². The quantitative estimate of drug-likeness (QED) is 0.357. The second kappa shape index (κ2) is 9.61. The molecule has 2 saturated carbocycles. The lowest BCUT2D eigenvalue weighted by Crippen LogP contribution is -2.32. The number of nitrogens with zero attached hydrogens (tertiary/aromatic N) is 5. The molecule has 3 aromatic heterocycles. The third-order valence-electron chi connectivity index (χ3n) is 7.90. The van der Waals surface area contributed by atoms with E-state index < -0.39 is 11.9 Å². The van der Waals surface area contributed by atoms with Gasteiger partial charge in [0.1, 0.15) is 29.3 Å². The number of halogens is 3. The molecule has 0 saturated heterocycles. The van der Waals surface area contributed by atoms with Crippen LogP contribution in [0.4, 0.5) is 13.2 Å². The number of ketones is 1. The van der Waals surface area contributed by atoms with Crippen molar-refractivity contribution in [2.75, 3.05) is 0 Å². The third kappa shape index (κ3) is 4.48. The number of hydrogen-bond acceptors (Lipinski definition) is 6. The lowest BCUT2D eigenvalue weighted by atomic mass is 9.72. The molecule has 0 spiro atoms. The highest BCUT2D eigenvalue weighted by atomic mass is 19.4. The first kappa shape index (κ1) is 24.7. The molecule has 8 nitrogen and oxygen atoms in total. The highest BCUT2D eigenvalue weighted by Crippen LogP contribution is 2.43. The number of carbonyl (C=O) groups excluding carboxylic acids is 1. The normalized spacial score (nSPS) is 19.3. The predicted molar refractivity (Wildman–Crippen MR) is 134 cm³/mol. The predicted octanol–water partition coefficient (Wildman–Crippen LogP) is 4.92. The van der Waals surface area contributed by atoms with Crippen molar-refractivity contribution in [3.8, 4) is 11.3 Å². The number of H-pyrrole nitrogens is 1. The number of aromatic nitrogens is 6. The Kier molecular flexibility index (Phi) is 6.25. The van der Waals surface area contributed by atoms with E-state index in [9.17, 15) is 18.0 Å². The number of nitrogens with one attached hydrogen (secondary N) is 2. The van der Waals surface area contributed by atoms with Gasteiger partial charge in [-0.3, -0.25) is 9.89 Å². The van der Waals surface area contributed by atoms with Crippen LogP contribution < -0.4 is 5.32 Å². The zero-order chi connectivity index (χ0) is 26.4. The van der Waals surface area contributed by atoms with Gasteiger partial charge in [-0.15, -0.1) is 10.2 Å². The number of aryl methyl sites for hydroxylation is 1. The van der Waals surface area contributed by atoms with Crippen LogP contribution in [-0.4, -0.2) is 41.8 Å². The van der Waals surface area contributed by atoms with Crippen LogP contribution in [0.15, 0.2) is 36.7 Å². The Morgan fingerprint density at radius 3 is 2.68 bits per heavy atom. The van der Waals surface area contributed by atoms with Crippen LogP contribution in [0.5, 0.6) is 0 Å². The zero-order valence-corrected chi connectivity index (χ0v) is 20.9. The van der Waals surface area contributed by atoms with Crippen molar-refractivity contribution in [3.05, 3.63) is 59.4 Å². The van der Waals surface area contributed by atoms with Gasteiger partial charge in [-0.05, 0) is 49.3 Å². The maximum absolute atomic E-state index is 13.9. The molecule has 4 aromatic rings. The van der Waals surface area contributed by atoms with E-state index >= 15 is 0 Å². The number of aromatic amines is 1. The summed E-state index contributed by atoms with van der Waals surface area (Å²) in [6.07, 6.45) is 2.36. The number of carbonyl (C=O) groups is 1. The number of benzene rings is 1. The Hall–Kier alpha value is -3.60. The molecule has 3 heterocycles. The van der Waals surface area contributed by atoms with Crippen molar-refractivity contribution in [1.29, 1.82) is 0 Å². The number of Topliss-reactive ketones (excluding diaryl/α,β-unsaturated/α-hetero) is 1. The highest BCUT2D eigenvalue weighted by Gasteiger charge is 2.35. The average molecular weight is 524 g/mol. The minimum atomic E-state index is -4.62. The first-order valence-electron chi connectivity index (χ1n) is 12.9. The molecule has 11 heteroatoms. The summed E-state index contributed by atoms with van der Waals surface area (Å²) in [5.41, 5.74) is 1.81. The Morgan fingerprint density at radius 2 is 2.03 bits per heavy atom. The molecule has 2 aliphatic rings. The molecule has 0 radical (unpaired) electrons. The van der Waals surface area contributed by atoms with E-state index in [0.29, 0.717) is 40.9 Å².